The first-order valence-electron chi connectivity index (χ1n) is 6.33. The number of carbonyl (C=O) groups is 1. The molecule has 2 atom stereocenters. The van der Waals surface area contributed by atoms with E-state index in [1.54, 1.807) is 4.68 Å². The first-order valence-corrected chi connectivity index (χ1v) is 6.33. The third-order valence-corrected chi connectivity index (χ3v) is 3.65. The van der Waals surface area contributed by atoms with Crippen molar-refractivity contribution >= 4 is 17.6 Å². The van der Waals surface area contributed by atoms with Crippen LogP contribution in [0.25, 0.3) is 0 Å². The zero-order valence-electron chi connectivity index (χ0n) is 10.7. The van der Waals surface area contributed by atoms with Crippen molar-refractivity contribution in [2.75, 3.05) is 11.5 Å². The molecule has 2 unspecified atom stereocenters. The predicted molar refractivity (Wildman–Crippen MR) is 73.0 cm³/mol. The average molecular weight is 273 g/mol. The van der Waals surface area contributed by atoms with E-state index < -0.39 is 11.9 Å². The second-order valence-electron chi connectivity index (χ2n) is 5.00. The summed E-state index contributed by atoms with van der Waals surface area (Å²) in [6, 6.07) is 7.47. The van der Waals surface area contributed by atoms with E-state index in [1.165, 1.54) is 0 Å². The minimum Gasteiger partial charge on any atom is -0.481 e. The summed E-state index contributed by atoms with van der Waals surface area (Å²) in [5.41, 5.74) is 13.0. The smallest absolute Gasteiger partial charge is 0.314 e. The first-order chi connectivity index (χ1) is 9.54. The number of hydrogen-bond donors (Lipinski definition) is 3. The predicted octanol–water partition coefficient (Wildman–Crippen LogP) is 0.798. The molecule has 20 heavy (non-hydrogen) atoms. The number of fused-ring (bicyclic) bond motifs is 1. The maximum atomic E-state index is 11.4. The summed E-state index contributed by atoms with van der Waals surface area (Å²) in [4.78, 5) is 15.4. The van der Waals surface area contributed by atoms with E-state index in [4.69, 9.17) is 11.5 Å². The van der Waals surface area contributed by atoms with E-state index >= 15 is 0 Å². The lowest BCUT2D eigenvalue weighted by Gasteiger charge is -2.27. The summed E-state index contributed by atoms with van der Waals surface area (Å²) in [6.45, 7) is 0.577. The van der Waals surface area contributed by atoms with Crippen molar-refractivity contribution in [2.45, 2.75) is 24.8 Å². The normalized spacial score (nSPS) is 21.4. The molecule has 3 rings (SSSR count). The zero-order valence-corrected chi connectivity index (χ0v) is 10.7. The molecule has 2 heterocycles. The Bertz CT molecular complexity index is 649. The van der Waals surface area contributed by atoms with Crippen LogP contribution in [0.2, 0.25) is 0 Å². The Morgan fingerprint density at radius 2 is 2.00 bits per heavy atom. The van der Waals surface area contributed by atoms with Gasteiger partial charge in [0.15, 0.2) is 0 Å². The molecule has 0 fully saturated rings. The van der Waals surface area contributed by atoms with Gasteiger partial charge in [-0.3, -0.25) is 4.79 Å². The molecule has 1 aromatic heterocycles. The highest BCUT2D eigenvalue weighted by Gasteiger charge is 2.35. The number of benzene rings is 1. The summed E-state index contributed by atoms with van der Waals surface area (Å²) in [7, 11) is 0. The highest BCUT2D eigenvalue weighted by molar-refractivity contribution is 5.75. The van der Waals surface area contributed by atoms with E-state index in [0.29, 0.717) is 24.5 Å². The third kappa shape index (κ3) is 2.07. The molecule has 5 N–H and O–H groups in total. The zero-order chi connectivity index (χ0) is 14.3. The van der Waals surface area contributed by atoms with Gasteiger partial charge in [0, 0.05) is 11.6 Å². The van der Waals surface area contributed by atoms with Crippen LogP contribution in [0.15, 0.2) is 24.3 Å². The highest BCUT2D eigenvalue weighted by atomic mass is 16.4. The van der Waals surface area contributed by atoms with Gasteiger partial charge < -0.3 is 16.6 Å². The molecule has 0 spiro atoms. The largest absolute Gasteiger partial charge is 0.481 e. The maximum Gasteiger partial charge on any atom is 0.314 e. The van der Waals surface area contributed by atoms with Crippen LogP contribution in [0.5, 0.6) is 0 Å². The second kappa shape index (κ2) is 4.52. The Hall–Kier alpha value is -2.57. The van der Waals surface area contributed by atoms with Gasteiger partial charge in [0.2, 0.25) is 5.95 Å². The summed E-state index contributed by atoms with van der Waals surface area (Å²) >= 11 is 0. The molecule has 104 valence electrons. The average Bonchev–Trinajstić information content (AvgIpc) is 2.78. The fourth-order valence-electron chi connectivity index (χ4n) is 2.66. The number of nitrogens with two attached hydrogens (primary N) is 2. The van der Waals surface area contributed by atoms with Crippen molar-refractivity contribution in [3.63, 3.8) is 0 Å². The third-order valence-electron chi connectivity index (χ3n) is 3.65. The fourth-order valence-corrected chi connectivity index (χ4v) is 2.66. The van der Waals surface area contributed by atoms with Gasteiger partial charge in [-0.05, 0) is 24.1 Å². The number of carboxylic acids is 1. The number of hydrogen-bond acceptors (Lipinski definition) is 5. The molecule has 2 aromatic rings. The Labute approximate surface area is 115 Å². The summed E-state index contributed by atoms with van der Waals surface area (Å²) in [5.74, 6) is -0.980. The lowest BCUT2D eigenvalue weighted by Crippen LogP contribution is -2.28. The number of carboxylic acid groups (broad SMARTS) is 1. The molecular weight excluding hydrogens is 258 g/mol. The second-order valence-corrected chi connectivity index (χ2v) is 5.00. The molecule has 0 aliphatic carbocycles. The number of nitrogen functional groups attached to an aromatic ring is 2. The minimum atomic E-state index is -0.904. The van der Waals surface area contributed by atoms with Gasteiger partial charge in [-0.25, -0.2) is 4.68 Å². The Balaban J connectivity index is 1.97. The number of nitrogens with zero attached hydrogens (tertiary/aromatic N) is 3. The van der Waals surface area contributed by atoms with Crippen molar-refractivity contribution in [1.29, 1.82) is 0 Å². The monoisotopic (exact) mass is 273 g/mol. The Kier molecular flexibility index (Phi) is 2.81. The number of anilines is 2. The van der Waals surface area contributed by atoms with Crippen LogP contribution >= 0.6 is 0 Å². The van der Waals surface area contributed by atoms with Crippen LogP contribution in [0, 0.1) is 0 Å². The van der Waals surface area contributed by atoms with Gasteiger partial charge in [0.05, 0.1) is 6.54 Å². The highest BCUT2D eigenvalue weighted by Crippen LogP contribution is 2.36. The Morgan fingerprint density at radius 3 is 2.65 bits per heavy atom. The lowest BCUT2D eigenvalue weighted by atomic mass is 9.85. The number of aliphatic carboxylic acids is 1. The molecule has 0 bridgehead atoms. The van der Waals surface area contributed by atoms with E-state index in [9.17, 15) is 9.90 Å². The molecule has 7 heteroatoms. The molecule has 1 aliphatic rings. The van der Waals surface area contributed by atoms with Gasteiger partial charge >= 0.3 is 5.97 Å². The standard InChI is InChI=1S/C13H15N5O2/c14-9-3-1-7(2-4-9)8-5-10(12(19)20)11-16-13(15)17-18(11)6-8/h1-4,8,10H,5-6,14H2,(H2,15,17)(H,19,20). The quantitative estimate of drug-likeness (QED) is 0.696. The van der Waals surface area contributed by atoms with E-state index in [-0.39, 0.29) is 11.9 Å². The summed E-state index contributed by atoms with van der Waals surface area (Å²) in [6.07, 6.45) is 0.484. The van der Waals surface area contributed by atoms with Crippen LogP contribution in [0.3, 0.4) is 0 Å². The van der Waals surface area contributed by atoms with Crippen LogP contribution < -0.4 is 11.5 Å². The maximum absolute atomic E-state index is 11.4. The molecule has 7 nitrogen and oxygen atoms in total. The topological polar surface area (TPSA) is 120 Å². The van der Waals surface area contributed by atoms with Crippen LogP contribution in [-0.4, -0.2) is 25.8 Å². The first kappa shape index (κ1) is 12.5. The van der Waals surface area contributed by atoms with Gasteiger partial charge in [-0.1, -0.05) is 12.1 Å². The van der Waals surface area contributed by atoms with Crippen LogP contribution in [0.4, 0.5) is 11.6 Å². The van der Waals surface area contributed by atoms with Crippen molar-refractivity contribution in [2.24, 2.45) is 0 Å². The number of aromatic nitrogens is 3. The van der Waals surface area contributed by atoms with Crippen molar-refractivity contribution in [1.82, 2.24) is 14.8 Å². The van der Waals surface area contributed by atoms with Gasteiger partial charge in [-0.2, -0.15) is 4.98 Å². The van der Waals surface area contributed by atoms with Gasteiger partial charge in [-0.15, -0.1) is 5.10 Å². The lowest BCUT2D eigenvalue weighted by molar-refractivity contribution is -0.139. The van der Waals surface area contributed by atoms with Crippen molar-refractivity contribution < 1.29 is 9.90 Å². The Morgan fingerprint density at radius 1 is 1.30 bits per heavy atom. The summed E-state index contributed by atoms with van der Waals surface area (Å²) < 4.78 is 1.60. The van der Waals surface area contributed by atoms with E-state index in [1.807, 2.05) is 24.3 Å². The molecular formula is C13H15N5O2. The molecule has 0 saturated carbocycles. The number of rotatable bonds is 2. The SMILES string of the molecule is Nc1ccc(C2CC(C(=O)O)c3nc(N)nn3C2)cc1. The fraction of sp³-hybridized carbons (Fsp3) is 0.308. The minimum absolute atomic E-state index is 0.0605. The molecule has 0 amide bonds. The van der Waals surface area contributed by atoms with E-state index in [0.717, 1.165) is 5.56 Å². The van der Waals surface area contributed by atoms with Gasteiger partial charge in [0.1, 0.15) is 11.7 Å². The summed E-state index contributed by atoms with van der Waals surface area (Å²) in [5, 5.41) is 13.4. The van der Waals surface area contributed by atoms with E-state index in [2.05, 4.69) is 10.1 Å². The van der Waals surface area contributed by atoms with Crippen LogP contribution in [-0.2, 0) is 11.3 Å². The van der Waals surface area contributed by atoms with Gasteiger partial charge in [0.25, 0.3) is 0 Å². The molecule has 1 aromatic carbocycles. The van der Waals surface area contributed by atoms with Crippen molar-refractivity contribution in [3.8, 4) is 0 Å². The van der Waals surface area contributed by atoms with Crippen molar-refractivity contribution in [3.05, 3.63) is 35.7 Å². The molecule has 1 aliphatic heterocycles. The van der Waals surface area contributed by atoms with Crippen LogP contribution in [0.1, 0.15) is 29.6 Å². The molecule has 0 saturated heterocycles. The molecule has 0 radical (unpaired) electrons.